The summed E-state index contributed by atoms with van der Waals surface area (Å²) in [5, 5.41) is 15.7. The van der Waals surface area contributed by atoms with Crippen LogP contribution in [0.3, 0.4) is 0 Å². The molecule has 3 aromatic rings. The molecule has 0 aliphatic carbocycles. The number of amides is 3. The minimum absolute atomic E-state index is 0.168. The molecule has 5 rings (SSSR count). The molecule has 3 aromatic carbocycles. The van der Waals surface area contributed by atoms with Crippen molar-refractivity contribution in [3.8, 4) is 0 Å². The summed E-state index contributed by atoms with van der Waals surface area (Å²) >= 11 is 0. The first-order valence-corrected chi connectivity index (χ1v) is 16.0. The molecule has 2 saturated heterocycles. The van der Waals surface area contributed by atoms with E-state index in [9.17, 15) is 14.7 Å². The standard InChI is InChI=1S/C37H47N3O8/c1-34(29(44-4)25-17-11-8-12-18-25)24-40(38,33(42)39-32(34)41)28-23-37(43,31(46-6)27-21-15-10-16-22-27)36(3,48-28)35(2,47-7)30(45-5)26-19-13-9-14-20-26/h8-22,28-31,43H,23-24,38H2,1-7H3/p+1/t28-,29?,30?,31?,34?,35?,36-,37-,40?/m1/s1. The van der Waals surface area contributed by atoms with E-state index in [1.54, 1.807) is 27.9 Å². The van der Waals surface area contributed by atoms with E-state index < -0.39 is 63.3 Å². The van der Waals surface area contributed by atoms with Crippen molar-refractivity contribution in [1.29, 1.82) is 0 Å². The maximum Gasteiger partial charge on any atom is 0.444 e. The Morgan fingerprint density at radius 1 is 0.833 bits per heavy atom. The van der Waals surface area contributed by atoms with Crippen LogP contribution in [0.4, 0.5) is 4.79 Å². The lowest BCUT2D eigenvalue weighted by Gasteiger charge is -2.53. The van der Waals surface area contributed by atoms with Gasteiger partial charge in [-0.25, -0.2) is 10.1 Å². The Bertz CT molecular complexity index is 1580. The van der Waals surface area contributed by atoms with Crippen LogP contribution in [0.1, 0.15) is 62.2 Å². The molecule has 0 spiro atoms. The first-order valence-electron chi connectivity index (χ1n) is 16.0. The summed E-state index contributed by atoms with van der Waals surface area (Å²) in [6.07, 6.45) is -3.81. The molecule has 2 heterocycles. The van der Waals surface area contributed by atoms with Crippen LogP contribution in [0, 0.1) is 5.41 Å². The van der Waals surface area contributed by atoms with Gasteiger partial charge in [-0.3, -0.25) is 4.79 Å². The number of methoxy groups -OCH3 is 4. The summed E-state index contributed by atoms with van der Waals surface area (Å²) in [5.41, 5.74) is -4.02. The third-order valence-electron chi connectivity index (χ3n) is 10.8. The van der Waals surface area contributed by atoms with Gasteiger partial charge in [0.1, 0.15) is 47.1 Å². The zero-order chi connectivity index (χ0) is 35.0. The second kappa shape index (κ2) is 13.4. The van der Waals surface area contributed by atoms with Gasteiger partial charge in [0.05, 0.1) is 6.42 Å². The van der Waals surface area contributed by atoms with Crippen molar-refractivity contribution in [2.24, 2.45) is 11.3 Å². The third kappa shape index (κ3) is 5.48. The van der Waals surface area contributed by atoms with Crippen LogP contribution in [-0.2, 0) is 28.5 Å². The number of hydrogen-bond donors (Lipinski definition) is 3. The van der Waals surface area contributed by atoms with Crippen LogP contribution < -0.4 is 11.2 Å². The second-order valence-electron chi connectivity index (χ2n) is 13.4. The van der Waals surface area contributed by atoms with Gasteiger partial charge >= 0.3 is 6.03 Å². The average molecular weight is 663 g/mol. The number of rotatable bonds is 12. The molecule has 0 aromatic heterocycles. The fourth-order valence-electron chi connectivity index (χ4n) is 7.99. The number of carbonyl (C=O) groups is 2. The van der Waals surface area contributed by atoms with Crippen molar-refractivity contribution in [1.82, 2.24) is 5.32 Å². The van der Waals surface area contributed by atoms with Gasteiger partial charge in [0, 0.05) is 28.4 Å². The molecule has 258 valence electrons. The van der Waals surface area contributed by atoms with E-state index in [0.717, 1.165) is 11.1 Å². The van der Waals surface area contributed by atoms with Gasteiger partial charge in [0.2, 0.25) is 12.1 Å². The highest BCUT2D eigenvalue weighted by Crippen LogP contribution is 2.59. The van der Waals surface area contributed by atoms with Crippen LogP contribution in [0.15, 0.2) is 91.0 Å². The van der Waals surface area contributed by atoms with Gasteiger partial charge in [-0.15, -0.1) is 4.59 Å². The lowest BCUT2D eigenvalue weighted by Crippen LogP contribution is -2.77. The zero-order valence-corrected chi connectivity index (χ0v) is 28.7. The Balaban J connectivity index is 1.67. The molecule has 3 amide bonds. The van der Waals surface area contributed by atoms with Crippen molar-refractivity contribution in [3.05, 3.63) is 108 Å². The zero-order valence-electron chi connectivity index (χ0n) is 28.7. The number of carbonyl (C=O) groups excluding carboxylic acids is 2. The fourth-order valence-corrected chi connectivity index (χ4v) is 7.99. The molecule has 4 N–H and O–H groups in total. The van der Waals surface area contributed by atoms with E-state index in [4.69, 9.17) is 29.5 Å². The predicted octanol–water partition coefficient (Wildman–Crippen LogP) is 4.74. The Hall–Kier alpha value is -3.52. The highest BCUT2D eigenvalue weighted by atomic mass is 16.6. The van der Waals surface area contributed by atoms with Gasteiger partial charge in [-0.05, 0) is 37.5 Å². The maximum atomic E-state index is 13.9. The molecule has 48 heavy (non-hydrogen) atoms. The average Bonchev–Trinajstić information content (AvgIpc) is 3.38. The number of aliphatic hydroxyl groups is 1. The van der Waals surface area contributed by atoms with Crippen molar-refractivity contribution in [2.75, 3.05) is 35.0 Å². The first kappa shape index (κ1) is 35.8. The highest BCUT2D eigenvalue weighted by molar-refractivity contribution is 5.97. The highest BCUT2D eigenvalue weighted by Gasteiger charge is 2.75. The first-order chi connectivity index (χ1) is 22.8. The van der Waals surface area contributed by atoms with Gasteiger partial charge in [-0.2, -0.15) is 5.84 Å². The summed E-state index contributed by atoms with van der Waals surface area (Å²) < 4.78 is 30.6. The minimum Gasteiger partial charge on any atom is -0.383 e. The number of ether oxygens (including phenoxy) is 5. The number of imide groups is 1. The van der Waals surface area contributed by atoms with Gasteiger partial charge in [-0.1, -0.05) is 91.0 Å². The van der Waals surface area contributed by atoms with E-state index in [-0.39, 0.29) is 13.0 Å². The van der Waals surface area contributed by atoms with Gasteiger partial charge < -0.3 is 28.8 Å². The lowest BCUT2D eigenvalue weighted by atomic mass is 9.65. The Labute approximate surface area is 282 Å². The van der Waals surface area contributed by atoms with Crippen molar-refractivity contribution in [3.63, 3.8) is 0 Å². The lowest BCUT2D eigenvalue weighted by molar-refractivity contribution is -0.918. The molecule has 0 bridgehead atoms. The van der Waals surface area contributed by atoms with E-state index >= 15 is 0 Å². The molecule has 9 atom stereocenters. The number of nitrogens with one attached hydrogen (secondary N) is 1. The summed E-state index contributed by atoms with van der Waals surface area (Å²) in [6.45, 7) is 5.07. The van der Waals surface area contributed by atoms with Crippen molar-refractivity contribution >= 4 is 11.9 Å². The second-order valence-corrected chi connectivity index (χ2v) is 13.4. The third-order valence-corrected chi connectivity index (χ3v) is 10.8. The number of hydrogen-bond acceptors (Lipinski definition) is 9. The van der Waals surface area contributed by atoms with E-state index in [1.165, 1.54) is 21.3 Å². The molecular formula is C37H48N3O8+. The van der Waals surface area contributed by atoms with E-state index in [0.29, 0.717) is 5.56 Å². The predicted molar refractivity (Wildman–Crippen MR) is 178 cm³/mol. The molecule has 2 aliphatic rings. The number of nitrogens with two attached hydrogens (primary N) is 1. The van der Waals surface area contributed by atoms with Crippen LogP contribution in [0.5, 0.6) is 0 Å². The SMILES string of the molecule is COC(c1ccccc1)C1(C)C[N+](N)([C@H]2C[C@@](O)(C(OC)c3ccccc3)[C@@](C)(C(C)(OC)C(OC)c3ccccc3)O2)C(=O)NC1=O. The molecule has 2 aliphatic heterocycles. The monoisotopic (exact) mass is 662 g/mol. The maximum absolute atomic E-state index is 13.9. The number of benzene rings is 3. The summed E-state index contributed by atoms with van der Waals surface area (Å²) in [4.78, 5) is 27.6. The quantitative estimate of drug-likeness (QED) is 0.143. The van der Waals surface area contributed by atoms with Crippen LogP contribution >= 0.6 is 0 Å². The minimum atomic E-state index is -1.87. The van der Waals surface area contributed by atoms with E-state index in [2.05, 4.69) is 5.32 Å². The summed E-state index contributed by atoms with van der Waals surface area (Å²) in [6, 6.07) is 27.3. The van der Waals surface area contributed by atoms with Crippen molar-refractivity contribution < 1.29 is 43.0 Å². The van der Waals surface area contributed by atoms with Gasteiger partial charge in [0.15, 0.2) is 0 Å². The smallest absolute Gasteiger partial charge is 0.383 e. The molecule has 0 radical (unpaired) electrons. The number of urea groups is 1. The Kier molecular flexibility index (Phi) is 10.00. The van der Waals surface area contributed by atoms with E-state index in [1.807, 2.05) is 91.0 Å². The molecule has 0 saturated carbocycles. The topological polar surface area (TPSA) is 139 Å². The molecule has 11 nitrogen and oxygen atoms in total. The molecule has 2 fully saturated rings. The normalized spacial score (nSPS) is 32.2. The van der Waals surface area contributed by atoms with Crippen LogP contribution in [0.25, 0.3) is 0 Å². The molecule has 11 heteroatoms. The summed E-state index contributed by atoms with van der Waals surface area (Å²) in [7, 11) is 6.12. The van der Waals surface area contributed by atoms with Gasteiger partial charge in [0.25, 0.3) is 0 Å². The molecular weight excluding hydrogens is 614 g/mol. The van der Waals surface area contributed by atoms with Crippen LogP contribution in [0.2, 0.25) is 0 Å². The molecule has 6 unspecified atom stereocenters. The summed E-state index contributed by atoms with van der Waals surface area (Å²) in [5.74, 6) is 6.59. The Morgan fingerprint density at radius 2 is 1.31 bits per heavy atom. The van der Waals surface area contributed by atoms with Crippen LogP contribution in [-0.4, -0.2) is 79.7 Å². The fraction of sp³-hybridized carbons (Fsp3) is 0.459. The largest absolute Gasteiger partial charge is 0.444 e. The number of quaternary nitrogens is 1. The number of nitrogens with zero attached hydrogens (tertiary/aromatic N) is 1. The van der Waals surface area contributed by atoms with Crippen molar-refractivity contribution in [2.45, 2.75) is 68.5 Å². The Morgan fingerprint density at radius 3 is 1.77 bits per heavy atom.